The van der Waals surface area contributed by atoms with Crippen molar-refractivity contribution in [2.45, 2.75) is 32.8 Å². The molecule has 116 valence electrons. The zero-order chi connectivity index (χ0) is 16.4. The number of carbonyl (C=O) groups is 1. The molecule has 3 nitrogen and oxygen atoms in total. The van der Waals surface area contributed by atoms with E-state index in [1.807, 2.05) is 6.92 Å². The van der Waals surface area contributed by atoms with Crippen molar-refractivity contribution in [3.8, 4) is 5.75 Å². The number of hydrogen-bond donors (Lipinski definition) is 1. The van der Waals surface area contributed by atoms with Gasteiger partial charge in [-0.05, 0) is 31.1 Å². The van der Waals surface area contributed by atoms with Crippen LogP contribution in [0.25, 0.3) is 6.08 Å². The average Bonchev–Trinajstić information content (AvgIpc) is 2.43. The molecule has 0 amide bonds. The Morgan fingerprint density at radius 1 is 1.29 bits per heavy atom. The van der Waals surface area contributed by atoms with E-state index in [-0.39, 0.29) is 0 Å². The molecule has 0 aromatic heterocycles. The van der Waals surface area contributed by atoms with Crippen LogP contribution in [0.3, 0.4) is 0 Å². The van der Waals surface area contributed by atoms with Gasteiger partial charge < -0.3 is 9.84 Å². The fraction of sp³-hybridized carbons (Fsp3) is 0.400. The summed E-state index contributed by atoms with van der Waals surface area (Å²) in [6, 6.07) is 3.47. The lowest BCUT2D eigenvalue weighted by Crippen LogP contribution is -2.41. The number of carboxylic acids is 1. The minimum atomic E-state index is -3.27. The van der Waals surface area contributed by atoms with Crippen LogP contribution in [-0.2, 0) is 4.79 Å². The number of rotatable bonds is 2. The molecular weight excluding hydrogens is 285 g/mol. The molecular formula is C15H17F3O3. The maximum absolute atomic E-state index is 13.5. The van der Waals surface area contributed by atoms with Gasteiger partial charge in [-0.3, -0.25) is 4.39 Å². The maximum atomic E-state index is 13.5. The topological polar surface area (TPSA) is 46.5 Å². The highest BCUT2D eigenvalue weighted by Crippen LogP contribution is 2.38. The van der Waals surface area contributed by atoms with Crippen LogP contribution in [-0.4, -0.2) is 30.3 Å². The molecule has 1 aromatic carbocycles. The van der Waals surface area contributed by atoms with Gasteiger partial charge in [0.1, 0.15) is 5.75 Å². The first-order chi connectivity index (χ1) is 9.71. The Labute approximate surface area is 121 Å². The van der Waals surface area contributed by atoms with Crippen molar-refractivity contribution in [2.75, 3.05) is 7.18 Å². The van der Waals surface area contributed by atoms with Crippen LogP contribution in [0.15, 0.2) is 17.7 Å². The van der Waals surface area contributed by atoms with E-state index in [0.717, 1.165) is 11.1 Å². The number of hydrogen-bond acceptors (Lipinski definition) is 2. The summed E-state index contributed by atoms with van der Waals surface area (Å²) in [6.45, 7) is 4.26. The Bertz CT molecular complexity index is 574. The first-order valence-electron chi connectivity index (χ1n) is 6.19. The van der Waals surface area contributed by atoms with Crippen LogP contribution in [0, 0.1) is 13.8 Å². The summed E-state index contributed by atoms with van der Waals surface area (Å²) >= 11 is 0. The molecule has 0 spiro atoms. The second kappa shape index (κ2) is 6.20. The predicted molar refractivity (Wildman–Crippen MR) is 73.6 cm³/mol. The van der Waals surface area contributed by atoms with E-state index in [0.29, 0.717) is 25.4 Å². The largest absolute Gasteiger partial charge is 0.478 e. The molecule has 2 rings (SSSR count). The fourth-order valence-corrected chi connectivity index (χ4v) is 2.06. The summed E-state index contributed by atoms with van der Waals surface area (Å²) in [5, 5.41) is 9.04. The zero-order valence-electron chi connectivity index (χ0n) is 12.2. The number of alkyl halides is 3. The second-order valence-corrected chi connectivity index (χ2v) is 4.78. The summed E-state index contributed by atoms with van der Waals surface area (Å²) < 4.78 is 41.8. The van der Waals surface area contributed by atoms with E-state index >= 15 is 0 Å². The number of carboxylic acid groups (broad SMARTS) is 1. The number of ether oxygens (including phenoxy) is 1. The molecule has 0 radical (unpaired) electrons. The molecule has 0 saturated carbocycles. The maximum Gasteiger partial charge on any atom is 0.335 e. The highest BCUT2D eigenvalue weighted by atomic mass is 19.3. The molecule has 0 saturated heterocycles. The molecule has 0 aliphatic carbocycles. The molecule has 1 unspecified atom stereocenters. The van der Waals surface area contributed by atoms with Crippen LogP contribution in [0.2, 0.25) is 0 Å². The van der Waals surface area contributed by atoms with Gasteiger partial charge in [-0.1, -0.05) is 12.1 Å². The summed E-state index contributed by atoms with van der Waals surface area (Å²) in [6.07, 6.45) is -0.506. The summed E-state index contributed by atoms with van der Waals surface area (Å²) in [7, 11) is 0.500. The van der Waals surface area contributed by atoms with E-state index in [9.17, 15) is 18.0 Å². The molecule has 0 bridgehead atoms. The van der Waals surface area contributed by atoms with Crippen LogP contribution in [0.5, 0.6) is 5.75 Å². The van der Waals surface area contributed by atoms with Crippen LogP contribution in [0.4, 0.5) is 13.2 Å². The minimum Gasteiger partial charge on any atom is -0.478 e. The van der Waals surface area contributed by atoms with Crippen molar-refractivity contribution in [3.63, 3.8) is 0 Å². The lowest BCUT2D eigenvalue weighted by molar-refractivity contribution is -0.137. The average molecular weight is 302 g/mol. The normalized spacial score (nSPS) is 16.9. The fourth-order valence-electron chi connectivity index (χ4n) is 2.06. The summed E-state index contributed by atoms with van der Waals surface area (Å²) in [5.41, 5.74) is 1.74. The van der Waals surface area contributed by atoms with Gasteiger partial charge in [0, 0.05) is 12.5 Å². The van der Waals surface area contributed by atoms with Gasteiger partial charge in [-0.15, -0.1) is 0 Å². The van der Waals surface area contributed by atoms with Gasteiger partial charge >= 0.3 is 5.97 Å². The Balaban J connectivity index is 0.00000106. The van der Waals surface area contributed by atoms with Crippen LogP contribution < -0.4 is 4.74 Å². The van der Waals surface area contributed by atoms with E-state index in [1.165, 1.54) is 6.08 Å². The third kappa shape index (κ3) is 3.37. The second-order valence-electron chi connectivity index (χ2n) is 4.78. The Kier molecular flexibility index (Phi) is 5.04. The first-order valence-corrected chi connectivity index (χ1v) is 6.19. The summed E-state index contributed by atoms with van der Waals surface area (Å²) in [4.78, 5) is 11.1. The highest BCUT2D eigenvalue weighted by Gasteiger charge is 2.44. The minimum absolute atomic E-state index is 0.330. The van der Waals surface area contributed by atoms with Gasteiger partial charge in [0.05, 0.1) is 12.8 Å². The molecule has 6 heteroatoms. The Morgan fingerprint density at radius 2 is 1.86 bits per heavy atom. The van der Waals surface area contributed by atoms with E-state index in [2.05, 4.69) is 0 Å². The number of fused-ring (bicyclic) bond motifs is 1. The molecule has 1 heterocycles. The molecule has 1 aliphatic heterocycles. The molecule has 1 aromatic rings. The first kappa shape index (κ1) is 17.1. The van der Waals surface area contributed by atoms with Gasteiger partial charge in [0.15, 0.2) is 6.10 Å². The molecule has 1 N–H and O–H groups in total. The predicted octanol–water partition coefficient (Wildman–Crippen LogP) is 3.77. The van der Waals surface area contributed by atoms with Gasteiger partial charge in [0.25, 0.3) is 5.92 Å². The lowest BCUT2D eigenvalue weighted by atomic mass is 9.95. The van der Waals surface area contributed by atoms with Crippen molar-refractivity contribution < 1.29 is 27.8 Å². The Morgan fingerprint density at radius 3 is 2.33 bits per heavy atom. The van der Waals surface area contributed by atoms with Crippen molar-refractivity contribution in [1.29, 1.82) is 0 Å². The molecule has 1 atom stereocenters. The SMILES string of the molecule is CF.Cc1ccc2c(c1C)OC(C(C)(F)F)C(C(=O)O)=C2. The molecule has 0 fully saturated rings. The monoisotopic (exact) mass is 302 g/mol. The summed E-state index contributed by atoms with van der Waals surface area (Å²) in [5.74, 6) is -4.33. The van der Waals surface area contributed by atoms with E-state index < -0.39 is 23.6 Å². The third-order valence-electron chi connectivity index (χ3n) is 3.24. The van der Waals surface area contributed by atoms with Crippen LogP contribution in [0.1, 0.15) is 23.6 Å². The smallest absolute Gasteiger partial charge is 0.335 e. The van der Waals surface area contributed by atoms with E-state index in [1.54, 1.807) is 19.1 Å². The number of halogens is 3. The Hall–Kier alpha value is -1.98. The number of aliphatic carboxylic acids is 1. The van der Waals surface area contributed by atoms with E-state index in [4.69, 9.17) is 9.84 Å². The van der Waals surface area contributed by atoms with Crippen molar-refractivity contribution in [3.05, 3.63) is 34.4 Å². The number of aryl methyl sites for hydroxylation is 1. The molecule has 21 heavy (non-hydrogen) atoms. The third-order valence-corrected chi connectivity index (χ3v) is 3.24. The van der Waals surface area contributed by atoms with Crippen molar-refractivity contribution >= 4 is 12.0 Å². The van der Waals surface area contributed by atoms with Gasteiger partial charge in [0.2, 0.25) is 0 Å². The number of benzene rings is 1. The van der Waals surface area contributed by atoms with Crippen LogP contribution >= 0.6 is 0 Å². The van der Waals surface area contributed by atoms with Crippen molar-refractivity contribution in [2.24, 2.45) is 0 Å². The lowest BCUT2D eigenvalue weighted by Gasteiger charge is -2.30. The van der Waals surface area contributed by atoms with Gasteiger partial charge in [-0.2, -0.15) is 0 Å². The highest BCUT2D eigenvalue weighted by molar-refractivity contribution is 5.95. The van der Waals surface area contributed by atoms with Crippen molar-refractivity contribution in [1.82, 2.24) is 0 Å². The quantitative estimate of drug-likeness (QED) is 0.904. The standard InChI is InChI=1S/C14H14F2O3.CH3F/c1-7-4-5-9-6-10(13(17)18)12(14(3,15)16)19-11(9)8(7)2;1-2/h4-6,12H,1-3H3,(H,17,18);1H3. The molecule has 1 aliphatic rings. The van der Waals surface area contributed by atoms with Gasteiger partial charge in [-0.25, -0.2) is 13.6 Å². The zero-order valence-corrected chi connectivity index (χ0v) is 12.2.